The number of benzene rings is 2. The van der Waals surface area contributed by atoms with Gasteiger partial charge < -0.3 is 10.0 Å². The molecule has 2 aromatic carbocycles. The zero-order valence-corrected chi connectivity index (χ0v) is 24.8. The lowest BCUT2D eigenvalue weighted by Gasteiger charge is -2.35. The number of aliphatic carboxylic acids is 1. The summed E-state index contributed by atoms with van der Waals surface area (Å²) in [5.41, 5.74) is 7.52. The summed E-state index contributed by atoms with van der Waals surface area (Å²) in [6.45, 7) is 2.50. The molecule has 2 fully saturated rings. The van der Waals surface area contributed by atoms with E-state index in [4.69, 9.17) is 5.11 Å². The summed E-state index contributed by atoms with van der Waals surface area (Å²) in [6, 6.07) is 16.2. The summed E-state index contributed by atoms with van der Waals surface area (Å²) in [7, 11) is 0.134. The average molecular weight is 596 g/mol. The average Bonchev–Trinajstić information content (AvgIpc) is 3.55. The van der Waals surface area contributed by atoms with Crippen LogP contribution < -0.4 is 0 Å². The van der Waals surface area contributed by atoms with Crippen LogP contribution in [0.1, 0.15) is 89.6 Å². The van der Waals surface area contributed by atoms with Crippen LogP contribution in [0.2, 0.25) is 5.54 Å². The fourth-order valence-corrected chi connectivity index (χ4v) is 7.92. The molecule has 2 aromatic heterocycles. The van der Waals surface area contributed by atoms with Crippen LogP contribution in [0.15, 0.2) is 54.6 Å². The highest BCUT2D eigenvalue weighted by molar-refractivity contribution is 6.31. The molecule has 6 nitrogen and oxygen atoms in total. The number of carbonyl (C=O) groups is 2. The van der Waals surface area contributed by atoms with Crippen molar-refractivity contribution in [2.45, 2.75) is 68.9 Å². The molecular formula is C34H31F2N3O3Si. The fourth-order valence-electron chi connectivity index (χ4n) is 6.88. The number of amides is 1. The molecule has 9 heteroatoms. The van der Waals surface area contributed by atoms with E-state index in [9.17, 15) is 9.59 Å². The molecule has 1 N–H and O–H groups in total. The molecule has 2 saturated carbocycles. The van der Waals surface area contributed by atoms with E-state index in [1.807, 2.05) is 31.2 Å². The summed E-state index contributed by atoms with van der Waals surface area (Å²) in [4.78, 5) is 26.4. The van der Waals surface area contributed by atoms with Gasteiger partial charge in [-0.05, 0) is 103 Å². The van der Waals surface area contributed by atoms with Gasteiger partial charge in [0.05, 0.1) is 17.3 Å². The van der Waals surface area contributed by atoms with Crippen LogP contribution >= 0.6 is 0 Å². The highest BCUT2D eigenvalue weighted by atomic mass is 28.2. The number of carbonyl (C=O) groups excluding carboxylic acids is 1. The largest absolute Gasteiger partial charge is 0.472 e. The third-order valence-corrected chi connectivity index (χ3v) is 10.6. The van der Waals surface area contributed by atoms with Crippen molar-refractivity contribution in [1.82, 2.24) is 14.5 Å². The van der Waals surface area contributed by atoms with Gasteiger partial charge in [0, 0.05) is 32.7 Å². The molecule has 3 aliphatic rings. The Morgan fingerprint density at radius 1 is 1.02 bits per heavy atom. The Balaban J connectivity index is 1.21. The Bertz CT molecular complexity index is 1850. The highest BCUT2D eigenvalue weighted by Crippen LogP contribution is 2.43. The summed E-state index contributed by atoms with van der Waals surface area (Å²) >= 11 is 0. The van der Waals surface area contributed by atoms with Gasteiger partial charge in [0.15, 0.2) is 5.82 Å². The maximum absolute atomic E-state index is 16.2. The summed E-state index contributed by atoms with van der Waals surface area (Å²) in [6.07, 6.45) is 5.17. The van der Waals surface area contributed by atoms with Gasteiger partial charge in [-0.15, -0.1) is 0 Å². The van der Waals surface area contributed by atoms with Crippen molar-refractivity contribution in [3.8, 4) is 16.8 Å². The molecule has 1 amide bonds. The van der Waals surface area contributed by atoms with Gasteiger partial charge >= 0.3 is 5.97 Å². The van der Waals surface area contributed by atoms with Gasteiger partial charge in [-0.25, -0.2) is 18.1 Å². The first-order valence-electron chi connectivity index (χ1n) is 14.9. The molecular weight excluding hydrogens is 564 g/mol. The number of hydrogen-bond donors (Lipinski definition) is 1. The number of carboxylic acid groups (broad SMARTS) is 1. The minimum Gasteiger partial charge on any atom is -0.472 e. The van der Waals surface area contributed by atoms with E-state index >= 15 is 8.78 Å². The minimum absolute atomic E-state index is 0.0387. The smallest absolute Gasteiger partial charge is 0.374 e. The first kappa shape index (κ1) is 27.7. The topological polar surface area (TPSA) is 74.9 Å². The van der Waals surface area contributed by atoms with Crippen molar-refractivity contribution < 1.29 is 23.5 Å². The number of fused-ring (bicyclic) bond motifs is 2. The second-order valence-corrected chi connectivity index (χ2v) is 13.4. The maximum Gasteiger partial charge on any atom is 0.374 e. The molecule has 0 radical (unpaired) electrons. The molecule has 2 unspecified atom stereocenters. The Kier molecular flexibility index (Phi) is 7.02. The summed E-state index contributed by atoms with van der Waals surface area (Å²) in [5, 5.41) is 13.5. The van der Waals surface area contributed by atoms with E-state index in [0.717, 1.165) is 55.3 Å². The first-order chi connectivity index (χ1) is 20.8. The highest BCUT2D eigenvalue weighted by Gasteiger charge is 2.34. The number of halogens is 2. The normalized spacial score (nSPS) is 21.4. The van der Waals surface area contributed by atoms with Crippen LogP contribution in [0, 0.1) is 17.1 Å². The molecule has 3 atom stereocenters. The van der Waals surface area contributed by atoms with Gasteiger partial charge in [0.1, 0.15) is 11.3 Å². The quantitative estimate of drug-likeness (QED) is 0.266. The molecule has 2 aliphatic carbocycles. The van der Waals surface area contributed by atoms with Crippen LogP contribution in [-0.2, 0) is 11.2 Å². The Labute approximate surface area is 250 Å². The molecule has 1 aliphatic heterocycles. The lowest BCUT2D eigenvalue weighted by atomic mass is 9.93. The van der Waals surface area contributed by atoms with Gasteiger partial charge in [-0.3, -0.25) is 4.79 Å². The first-order valence-corrected chi connectivity index (χ1v) is 16.0. The number of hydrogen-bond acceptors (Lipinski definition) is 3. The van der Waals surface area contributed by atoms with Crippen molar-refractivity contribution in [1.29, 1.82) is 0 Å². The van der Waals surface area contributed by atoms with Gasteiger partial charge in [-0.1, -0.05) is 30.3 Å². The maximum atomic E-state index is 16.2. The molecule has 218 valence electrons. The van der Waals surface area contributed by atoms with Crippen LogP contribution in [0.25, 0.3) is 16.8 Å². The Morgan fingerprint density at radius 3 is 2.58 bits per heavy atom. The van der Waals surface area contributed by atoms with Crippen LogP contribution in [0.4, 0.5) is 8.78 Å². The second-order valence-electron chi connectivity index (χ2n) is 12.0. The van der Waals surface area contributed by atoms with E-state index in [-0.39, 0.29) is 54.9 Å². The lowest BCUT2D eigenvalue weighted by molar-refractivity contribution is -0.130. The molecule has 3 heterocycles. The van der Waals surface area contributed by atoms with Crippen molar-refractivity contribution >= 4 is 26.4 Å². The number of pyridine rings is 1. The van der Waals surface area contributed by atoms with Crippen molar-refractivity contribution in [2.75, 3.05) is 6.54 Å². The molecule has 0 saturated heterocycles. The Hall–Kier alpha value is -4.07. The molecule has 4 aromatic rings. The third kappa shape index (κ3) is 5.10. The van der Waals surface area contributed by atoms with E-state index in [1.54, 1.807) is 27.6 Å². The predicted molar refractivity (Wildman–Crippen MR) is 160 cm³/mol. The standard InChI is InChI=1S/C34H31F2N3O3Si/c1-19-25-5-3-2-4-20(25)12-13-38(19)34(42)27-16-30(21-6-7-21)39-31(33(27)36)17-29(37-39)26-11-9-23(15-28(26)35)22-8-10-24(14-22)43-18-32(40)41/h2-5,9,11,15-17,19,21-22,24H,6-8,10,12-14H2,1H3,(H,40,41)/t19-,22?,24?/m1/s1. The van der Waals surface area contributed by atoms with E-state index in [1.165, 1.54) is 11.6 Å². The molecule has 0 spiro atoms. The number of carboxylic acids is 1. The molecule has 7 rings (SSSR count). The lowest BCUT2D eigenvalue weighted by Crippen LogP contribution is -2.39. The fraction of sp³-hybridized carbons (Fsp3) is 0.353. The van der Waals surface area contributed by atoms with Crippen LogP contribution in [0.3, 0.4) is 0 Å². The van der Waals surface area contributed by atoms with E-state index < -0.39 is 17.6 Å². The molecule has 43 heavy (non-hydrogen) atoms. The number of rotatable bonds is 4. The SMILES string of the molecule is C[C@@H]1c2ccccc2CCN1C(=O)c1cc(C2CC2)n2nc(-c3ccc(C4CCC([Si]#CC(=O)O)C4)cc3F)cc2c1F. The second kappa shape index (κ2) is 10.9. The number of aromatic nitrogens is 2. The zero-order chi connectivity index (χ0) is 29.8. The Morgan fingerprint density at radius 2 is 1.81 bits per heavy atom. The summed E-state index contributed by atoms with van der Waals surface area (Å²) < 4.78 is 33.3. The number of nitrogens with zero attached hydrogens (tertiary/aromatic N) is 3. The van der Waals surface area contributed by atoms with Crippen molar-refractivity contribution in [2.24, 2.45) is 0 Å². The molecule has 0 bridgehead atoms. The van der Waals surface area contributed by atoms with Gasteiger partial charge in [-0.2, -0.15) is 5.10 Å². The van der Waals surface area contributed by atoms with Crippen LogP contribution in [-0.4, -0.2) is 47.0 Å². The van der Waals surface area contributed by atoms with Crippen LogP contribution in [0.5, 0.6) is 0 Å². The zero-order valence-electron chi connectivity index (χ0n) is 23.8. The summed E-state index contributed by atoms with van der Waals surface area (Å²) in [5.74, 6) is -2.08. The predicted octanol–water partition coefficient (Wildman–Crippen LogP) is 6.72. The van der Waals surface area contributed by atoms with Crippen molar-refractivity contribution in [3.63, 3.8) is 0 Å². The van der Waals surface area contributed by atoms with Crippen molar-refractivity contribution in [3.05, 3.63) is 94.2 Å². The van der Waals surface area contributed by atoms with Gasteiger partial charge in [0.2, 0.25) is 0 Å². The van der Waals surface area contributed by atoms with E-state index in [0.29, 0.717) is 12.2 Å². The van der Waals surface area contributed by atoms with Gasteiger partial charge in [0.25, 0.3) is 5.91 Å². The monoisotopic (exact) mass is 595 g/mol. The third-order valence-electron chi connectivity index (χ3n) is 9.35. The van der Waals surface area contributed by atoms with E-state index in [2.05, 4.69) is 16.7 Å². The minimum atomic E-state index is -1.02.